The summed E-state index contributed by atoms with van der Waals surface area (Å²) in [7, 11) is 1.70. The molecule has 1 saturated heterocycles. The van der Waals surface area contributed by atoms with Crippen LogP contribution in [-0.4, -0.2) is 77.5 Å². The molecule has 3 amide bonds. The van der Waals surface area contributed by atoms with Crippen LogP contribution in [0.3, 0.4) is 0 Å². The van der Waals surface area contributed by atoms with Gasteiger partial charge in [0.1, 0.15) is 13.1 Å². The first-order valence-corrected chi connectivity index (χ1v) is 5.95. The van der Waals surface area contributed by atoms with E-state index in [0.717, 1.165) is 0 Å². The van der Waals surface area contributed by atoms with E-state index in [9.17, 15) is 14.4 Å². The highest BCUT2D eigenvalue weighted by Crippen LogP contribution is 2.06. The monoisotopic (exact) mass is 257 g/mol. The number of carbonyl (C=O) groups is 3. The lowest BCUT2D eigenvalue weighted by atomic mass is 10.4. The SMILES string of the molecule is CCN(CC(=O)O)C(=O)N1CCCN(C)C(=O)C1. The molecule has 0 bridgehead atoms. The number of nitrogens with zero attached hydrogens (tertiary/aromatic N) is 3. The van der Waals surface area contributed by atoms with Crippen molar-refractivity contribution in [3.63, 3.8) is 0 Å². The number of carboxylic acids is 1. The van der Waals surface area contributed by atoms with Gasteiger partial charge in [-0.15, -0.1) is 0 Å². The lowest BCUT2D eigenvalue weighted by Gasteiger charge is -2.27. The summed E-state index contributed by atoms with van der Waals surface area (Å²) in [6, 6.07) is -0.386. The number of likely N-dealkylation sites (N-methyl/N-ethyl adjacent to an activating group) is 2. The van der Waals surface area contributed by atoms with Crippen LogP contribution in [0.1, 0.15) is 13.3 Å². The van der Waals surface area contributed by atoms with E-state index in [2.05, 4.69) is 0 Å². The molecule has 7 heteroatoms. The summed E-state index contributed by atoms with van der Waals surface area (Å²) in [4.78, 5) is 38.6. The molecule has 1 fully saturated rings. The van der Waals surface area contributed by atoms with Gasteiger partial charge >= 0.3 is 12.0 Å². The second-order valence-electron chi connectivity index (χ2n) is 4.28. The van der Waals surface area contributed by atoms with E-state index in [1.54, 1.807) is 18.9 Å². The van der Waals surface area contributed by atoms with Crippen LogP contribution in [0, 0.1) is 0 Å². The van der Waals surface area contributed by atoms with Gasteiger partial charge in [0.25, 0.3) is 0 Å². The first-order valence-electron chi connectivity index (χ1n) is 5.95. The maximum absolute atomic E-state index is 12.1. The highest BCUT2D eigenvalue weighted by atomic mass is 16.4. The van der Waals surface area contributed by atoms with Crippen molar-refractivity contribution in [2.45, 2.75) is 13.3 Å². The van der Waals surface area contributed by atoms with Crippen LogP contribution >= 0.6 is 0 Å². The zero-order valence-electron chi connectivity index (χ0n) is 10.8. The number of carbonyl (C=O) groups excluding carboxylic acids is 2. The van der Waals surface area contributed by atoms with Crippen molar-refractivity contribution in [2.75, 3.05) is 39.8 Å². The molecule has 1 aliphatic rings. The molecule has 0 unspecified atom stereocenters. The van der Waals surface area contributed by atoms with E-state index in [1.807, 2.05) is 0 Å². The summed E-state index contributed by atoms with van der Waals surface area (Å²) in [6.45, 7) is 2.80. The predicted molar refractivity (Wildman–Crippen MR) is 64.1 cm³/mol. The molecule has 0 aromatic rings. The smallest absolute Gasteiger partial charge is 0.323 e. The molecule has 0 spiro atoms. The molecule has 1 rings (SSSR count). The zero-order chi connectivity index (χ0) is 13.7. The molecule has 0 saturated carbocycles. The Morgan fingerprint density at radius 3 is 2.61 bits per heavy atom. The van der Waals surface area contributed by atoms with Gasteiger partial charge in [0.05, 0.1) is 0 Å². The van der Waals surface area contributed by atoms with Gasteiger partial charge in [0, 0.05) is 26.7 Å². The molecule has 0 aliphatic carbocycles. The summed E-state index contributed by atoms with van der Waals surface area (Å²) in [5.74, 6) is -1.17. The number of aliphatic carboxylic acids is 1. The molecule has 0 atom stereocenters. The van der Waals surface area contributed by atoms with E-state index in [1.165, 1.54) is 9.80 Å². The number of carboxylic acid groups (broad SMARTS) is 1. The predicted octanol–water partition coefficient (Wildman–Crippen LogP) is -0.323. The minimum Gasteiger partial charge on any atom is -0.480 e. The Morgan fingerprint density at radius 2 is 2.06 bits per heavy atom. The topological polar surface area (TPSA) is 81.2 Å². The van der Waals surface area contributed by atoms with Crippen LogP contribution in [0.25, 0.3) is 0 Å². The number of hydrogen-bond acceptors (Lipinski definition) is 3. The van der Waals surface area contributed by atoms with Crippen molar-refractivity contribution in [3.05, 3.63) is 0 Å². The minimum atomic E-state index is -1.05. The third-order valence-electron chi connectivity index (χ3n) is 2.92. The van der Waals surface area contributed by atoms with Crippen molar-refractivity contribution in [1.82, 2.24) is 14.7 Å². The van der Waals surface area contributed by atoms with Gasteiger partial charge in [-0.05, 0) is 13.3 Å². The van der Waals surface area contributed by atoms with Crippen molar-refractivity contribution >= 4 is 17.9 Å². The molecule has 1 N–H and O–H groups in total. The Bertz CT molecular complexity index is 345. The molecular formula is C11H19N3O4. The first-order chi connectivity index (χ1) is 8.45. The maximum Gasteiger partial charge on any atom is 0.323 e. The van der Waals surface area contributed by atoms with Gasteiger partial charge in [-0.3, -0.25) is 9.59 Å². The lowest BCUT2D eigenvalue weighted by molar-refractivity contribution is -0.137. The second kappa shape index (κ2) is 6.23. The number of urea groups is 1. The summed E-state index contributed by atoms with van der Waals surface area (Å²) in [5, 5.41) is 8.72. The van der Waals surface area contributed by atoms with Gasteiger partial charge in [-0.25, -0.2) is 4.79 Å². The Labute approximate surface area is 106 Å². The number of rotatable bonds is 3. The van der Waals surface area contributed by atoms with Crippen molar-refractivity contribution in [1.29, 1.82) is 0 Å². The van der Waals surface area contributed by atoms with E-state index in [4.69, 9.17) is 5.11 Å². The van der Waals surface area contributed by atoms with Gasteiger partial charge in [-0.2, -0.15) is 0 Å². The van der Waals surface area contributed by atoms with Crippen molar-refractivity contribution in [2.24, 2.45) is 0 Å². The third kappa shape index (κ3) is 3.61. The van der Waals surface area contributed by atoms with E-state index in [-0.39, 0.29) is 25.0 Å². The number of hydrogen-bond donors (Lipinski definition) is 1. The fraction of sp³-hybridized carbons (Fsp3) is 0.727. The molecular weight excluding hydrogens is 238 g/mol. The van der Waals surface area contributed by atoms with E-state index in [0.29, 0.717) is 26.1 Å². The van der Waals surface area contributed by atoms with Crippen LogP contribution in [0.4, 0.5) is 4.79 Å². The highest BCUT2D eigenvalue weighted by Gasteiger charge is 2.26. The molecule has 7 nitrogen and oxygen atoms in total. The summed E-state index contributed by atoms with van der Waals surface area (Å²) < 4.78 is 0. The average Bonchev–Trinajstić information content (AvgIpc) is 2.48. The average molecular weight is 257 g/mol. The maximum atomic E-state index is 12.1. The fourth-order valence-corrected chi connectivity index (χ4v) is 1.83. The van der Waals surface area contributed by atoms with Crippen molar-refractivity contribution in [3.8, 4) is 0 Å². The normalized spacial score (nSPS) is 16.4. The lowest BCUT2D eigenvalue weighted by Crippen LogP contribution is -2.47. The molecule has 0 aromatic carbocycles. The Kier molecular flexibility index (Phi) is 4.94. The van der Waals surface area contributed by atoms with Crippen LogP contribution in [0.5, 0.6) is 0 Å². The van der Waals surface area contributed by atoms with Gasteiger partial charge in [-0.1, -0.05) is 0 Å². The molecule has 18 heavy (non-hydrogen) atoms. The quantitative estimate of drug-likeness (QED) is 0.751. The van der Waals surface area contributed by atoms with Crippen LogP contribution in [0.2, 0.25) is 0 Å². The minimum absolute atomic E-state index is 0.0193. The first kappa shape index (κ1) is 14.3. The Hall–Kier alpha value is -1.79. The van der Waals surface area contributed by atoms with Gasteiger partial charge < -0.3 is 19.8 Å². The molecule has 0 radical (unpaired) electrons. The standard InChI is InChI=1S/C11H19N3O4/c1-3-13(8-10(16)17)11(18)14-6-4-5-12(2)9(15)7-14/h3-8H2,1-2H3,(H,16,17). The molecule has 0 aromatic heterocycles. The van der Waals surface area contributed by atoms with E-state index < -0.39 is 5.97 Å². The summed E-state index contributed by atoms with van der Waals surface area (Å²) >= 11 is 0. The van der Waals surface area contributed by atoms with Gasteiger partial charge in [0.15, 0.2) is 0 Å². The van der Waals surface area contributed by atoms with Crippen LogP contribution < -0.4 is 0 Å². The molecule has 102 valence electrons. The third-order valence-corrected chi connectivity index (χ3v) is 2.92. The molecule has 1 heterocycles. The largest absolute Gasteiger partial charge is 0.480 e. The zero-order valence-corrected chi connectivity index (χ0v) is 10.8. The second-order valence-corrected chi connectivity index (χ2v) is 4.28. The summed E-state index contributed by atoms with van der Waals surface area (Å²) in [5.41, 5.74) is 0. The van der Waals surface area contributed by atoms with Crippen molar-refractivity contribution < 1.29 is 19.5 Å². The Morgan fingerprint density at radius 1 is 1.39 bits per heavy atom. The highest BCUT2D eigenvalue weighted by molar-refractivity contribution is 5.86. The van der Waals surface area contributed by atoms with Gasteiger partial charge in [0.2, 0.25) is 5.91 Å². The fourth-order valence-electron chi connectivity index (χ4n) is 1.83. The summed E-state index contributed by atoms with van der Waals surface area (Å²) in [6.07, 6.45) is 0.707. The van der Waals surface area contributed by atoms with E-state index >= 15 is 0 Å². The van der Waals surface area contributed by atoms with Crippen LogP contribution in [-0.2, 0) is 9.59 Å². The number of amides is 3. The Balaban J connectivity index is 2.69. The van der Waals surface area contributed by atoms with Crippen LogP contribution in [0.15, 0.2) is 0 Å². The molecule has 1 aliphatic heterocycles.